The predicted octanol–water partition coefficient (Wildman–Crippen LogP) is 4.33. The first-order valence-electron chi connectivity index (χ1n) is 6.84. The molecule has 22 heavy (non-hydrogen) atoms. The monoisotopic (exact) mass is 333 g/mol. The number of benzene rings is 2. The standard InChI is InChI=1S/C17H13Cl2NO2/c1-20-14-8-11(18)7-13(19)16(14)12(17(20)22)9-15(21)10-5-3-2-4-6-10/h2-8,12H,9H2,1H3. The Labute approximate surface area is 138 Å². The fourth-order valence-corrected chi connectivity index (χ4v) is 3.40. The number of amides is 1. The van der Waals surface area contributed by atoms with Gasteiger partial charge in [-0.3, -0.25) is 9.59 Å². The summed E-state index contributed by atoms with van der Waals surface area (Å²) in [5.74, 6) is -0.771. The number of ketones is 1. The molecule has 0 saturated heterocycles. The van der Waals surface area contributed by atoms with Crippen LogP contribution in [0.5, 0.6) is 0 Å². The van der Waals surface area contributed by atoms with Gasteiger partial charge in [0.15, 0.2) is 5.78 Å². The molecule has 2 aromatic rings. The number of Topliss-reactive ketones (excluding diaryl/α,β-unsaturated/α-hetero) is 1. The van der Waals surface area contributed by atoms with Gasteiger partial charge in [-0.05, 0) is 12.1 Å². The van der Waals surface area contributed by atoms with Crippen molar-refractivity contribution in [3.05, 3.63) is 63.6 Å². The number of hydrogen-bond acceptors (Lipinski definition) is 2. The van der Waals surface area contributed by atoms with E-state index in [4.69, 9.17) is 23.2 Å². The lowest BCUT2D eigenvalue weighted by molar-refractivity contribution is -0.119. The largest absolute Gasteiger partial charge is 0.315 e. The van der Waals surface area contributed by atoms with Crippen molar-refractivity contribution in [2.24, 2.45) is 0 Å². The summed E-state index contributed by atoms with van der Waals surface area (Å²) in [6.07, 6.45) is 0.0987. The maximum atomic E-state index is 12.5. The molecule has 1 amide bonds. The highest BCUT2D eigenvalue weighted by Gasteiger charge is 2.38. The van der Waals surface area contributed by atoms with Gasteiger partial charge in [-0.2, -0.15) is 0 Å². The van der Waals surface area contributed by atoms with E-state index in [9.17, 15) is 9.59 Å². The molecule has 0 radical (unpaired) electrons. The van der Waals surface area contributed by atoms with Crippen LogP contribution in [0.3, 0.4) is 0 Å². The Balaban J connectivity index is 1.96. The topological polar surface area (TPSA) is 37.4 Å². The van der Waals surface area contributed by atoms with Crippen LogP contribution in [-0.4, -0.2) is 18.7 Å². The molecular formula is C17H13Cl2NO2. The molecule has 0 N–H and O–H groups in total. The Morgan fingerprint density at radius 2 is 1.86 bits per heavy atom. The fourth-order valence-electron chi connectivity index (χ4n) is 2.79. The molecule has 0 saturated carbocycles. The van der Waals surface area contributed by atoms with Crippen molar-refractivity contribution in [3.63, 3.8) is 0 Å². The highest BCUT2D eigenvalue weighted by molar-refractivity contribution is 6.36. The predicted molar refractivity (Wildman–Crippen MR) is 88.0 cm³/mol. The van der Waals surface area contributed by atoms with Gasteiger partial charge in [0, 0.05) is 34.6 Å². The maximum absolute atomic E-state index is 12.5. The average molecular weight is 334 g/mol. The molecule has 5 heteroatoms. The van der Waals surface area contributed by atoms with Gasteiger partial charge in [-0.1, -0.05) is 53.5 Å². The highest BCUT2D eigenvalue weighted by Crippen LogP contribution is 2.44. The fraction of sp³-hybridized carbons (Fsp3) is 0.176. The number of anilines is 1. The number of fused-ring (bicyclic) bond motifs is 1. The van der Waals surface area contributed by atoms with Gasteiger partial charge in [0.05, 0.1) is 11.6 Å². The minimum Gasteiger partial charge on any atom is -0.315 e. The Bertz CT molecular complexity index is 759. The SMILES string of the molecule is CN1C(=O)C(CC(=O)c2ccccc2)c2c(Cl)cc(Cl)cc21. The average Bonchev–Trinajstić information content (AvgIpc) is 2.73. The second kappa shape index (κ2) is 5.75. The number of halogens is 2. The van der Waals surface area contributed by atoms with Crippen molar-refractivity contribution >= 4 is 40.6 Å². The van der Waals surface area contributed by atoms with Gasteiger partial charge in [-0.15, -0.1) is 0 Å². The lowest BCUT2D eigenvalue weighted by atomic mass is 9.92. The van der Waals surface area contributed by atoms with Crippen molar-refractivity contribution in [1.82, 2.24) is 0 Å². The van der Waals surface area contributed by atoms with E-state index in [1.807, 2.05) is 6.07 Å². The smallest absolute Gasteiger partial charge is 0.234 e. The second-order valence-corrected chi connectivity index (χ2v) is 6.11. The molecule has 0 aliphatic carbocycles. The molecule has 112 valence electrons. The molecule has 0 fully saturated rings. The van der Waals surface area contributed by atoms with Crippen LogP contribution in [0.15, 0.2) is 42.5 Å². The van der Waals surface area contributed by atoms with E-state index in [0.29, 0.717) is 26.9 Å². The van der Waals surface area contributed by atoms with Crippen LogP contribution < -0.4 is 4.90 Å². The maximum Gasteiger partial charge on any atom is 0.234 e. The van der Waals surface area contributed by atoms with Crippen molar-refractivity contribution in [2.45, 2.75) is 12.3 Å². The molecule has 0 aromatic heterocycles. The quantitative estimate of drug-likeness (QED) is 0.784. The molecule has 1 aliphatic heterocycles. The summed E-state index contributed by atoms with van der Waals surface area (Å²) in [5, 5.41) is 0.893. The number of carbonyl (C=O) groups excluding carboxylic acids is 2. The first-order valence-corrected chi connectivity index (χ1v) is 7.59. The molecule has 1 aliphatic rings. The Morgan fingerprint density at radius 1 is 1.18 bits per heavy atom. The number of carbonyl (C=O) groups is 2. The van der Waals surface area contributed by atoms with E-state index in [1.165, 1.54) is 4.90 Å². The number of hydrogen-bond donors (Lipinski definition) is 0. The molecular weight excluding hydrogens is 321 g/mol. The van der Waals surface area contributed by atoms with Crippen LogP contribution in [-0.2, 0) is 4.79 Å². The van der Waals surface area contributed by atoms with Crippen LogP contribution in [0.1, 0.15) is 28.3 Å². The summed E-state index contributed by atoms with van der Waals surface area (Å²) < 4.78 is 0. The van der Waals surface area contributed by atoms with E-state index in [2.05, 4.69) is 0 Å². The first kappa shape index (κ1) is 15.1. The highest BCUT2D eigenvalue weighted by atomic mass is 35.5. The number of nitrogens with zero attached hydrogens (tertiary/aromatic N) is 1. The van der Waals surface area contributed by atoms with E-state index in [1.54, 1.807) is 43.4 Å². The van der Waals surface area contributed by atoms with Gasteiger partial charge in [0.1, 0.15) is 0 Å². The lowest BCUT2D eigenvalue weighted by Gasteiger charge is -2.10. The summed E-state index contributed by atoms with van der Waals surface area (Å²) in [6.45, 7) is 0. The van der Waals surface area contributed by atoms with Crippen molar-refractivity contribution in [2.75, 3.05) is 11.9 Å². The molecule has 1 unspecified atom stereocenters. The van der Waals surface area contributed by atoms with Crippen LogP contribution in [0.25, 0.3) is 0 Å². The van der Waals surface area contributed by atoms with E-state index in [0.717, 1.165) is 0 Å². The zero-order chi connectivity index (χ0) is 15.9. The molecule has 1 heterocycles. The van der Waals surface area contributed by atoms with E-state index >= 15 is 0 Å². The van der Waals surface area contributed by atoms with Gasteiger partial charge in [0.25, 0.3) is 0 Å². The second-order valence-electron chi connectivity index (χ2n) is 5.26. The summed E-state index contributed by atoms with van der Waals surface area (Å²) >= 11 is 12.3. The van der Waals surface area contributed by atoms with Crippen molar-refractivity contribution in [3.8, 4) is 0 Å². The van der Waals surface area contributed by atoms with Crippen molar-refractivity contribution < 1.29 is 9.59 Å². The first-order chi connectivity index (χ1) is 10.5. The molecule has 0 spiro atoms. The molecule has 0 bridgehead atoms. The lowest BCUT2D eigenvalue weighted by Crippen LogP contribution is -2.25. The molecule has 1 atom stereocenters. The van der Waals surface area contributed by atoms with Crippen LogP contribution in [0.2, 0.25) is 10.0 Å². The summed E-state index contributed by atoms with van der Waals surface area (Å²) in [5.41, 5.74) is 1.95. The summed E-state index contributed by atoms with van der Waals surface area (Å²) in [7, 11) is 1.67. The zero-order valence-corrected chi connectivity index (χ0v) is 13.4. The number of rotatable bonds is 3. The molecule has 2 aromatic carbocycles. The minimum absolute atomic E-state index is 0.0776. The summed E-state index contributed by atoms with van der Waals surface area (Å²) in [6, 6.07) is 12.3. The zero-order valence-electron chi connectivity index (χ0n) is 11.8. The van der Waals surface area contributed by atoms with Crippen LogP contribution in [0, 0.1) is 0 Å². The third kappa shape index (κ3) is 2.51. The Kier molecular flexibility index (Phi) is 3.94. The normalized spacial score (nSPS) is 16.8. The molecule has 3 nitrogen and oxygen atoms in total. The van der Waals surface area contributed by atoms with E-state index < -0.39 is 5.92 Å². The Hall–Kier alpha value is -1.84. The van der Waals surface area contributed by atoms with Gasteiger partial charge in [-0.25, -0.2) is 0 Å². The van der Waals surface area contributed by atoms with Crippen LogP contribution >= 0.6 is 23.2 Å². The third-order valence-electron chi connectivity index (χ3n) is 3.90. The molecule has 3 rings (SSSR count). The van der Waals surface area contributed by atoms with Gasteiger partial charge in [0.2, 0.25) is 5.91 Å². The van der Waals surface area contributed by atoms with E-state index in [-0.39, 0.29) is 18.1 Å². The van der Waals surface area contributed by atoms with Gasteiger partial charge >= 0.3 is 0 Å². The Morgan fingerprint density at radius 3 is 2.55 bits per heavy atom. The number of likely N-dealkylation sites (N-methyl/N-ethyl adjacent to an activating group) is 1. The third-order valence-corrected chi connectivity index (χ3v) is 4.43. The van der Waals surface area contributed by atoms with Gasteiger partial charge < -0.3 is 4.90 Å². The van der Waals surface area contributed by atoms with Crippen LogP contribution in [0.4, 0.5) is 5.69 Å². The van der Waals surface area contributed by atoms with Crippen molar-refractivity contribution in [1.29, 1.82) is 0 Å². The summed E-state index contributed by atoms with van der Waals surface area (Å²) in [4.78, 5) is 26.4. The minimum atomic E-state index is -0.558.